The number of nitrogens with zero attached hydrogens (tertiary/aromatic N) is 1. The van der Waals surface area contributed by atoms with Crippen molar-refractivity contribution in [3.8, 4) is 6.07 Å². The van der Waals surface area contributed by atoms with Crippen molar-refractivity contribution in [3.05, 3.63) is 24.0 Å². The lowest BCUT2D eigenvalue weighted by molar-refractivity contribution is 0.627. The van der Waals surface area contributed by atoms with Crippen LogP contribution in [0.1, 0.15) is 13.3 Å². The Morgan fingerprint density at radius 3 is 2.80 bits per heavy atom. The molecule has 2 atom stereocenters. The molecule has 2 N–H and O–H groups in total. The van der Waals surface area contributed by atoms with Gasteiger partial charge in [-0.3, -0.25) is 4.21 Å². The fourth-order valence-corrected chi connectivity index (χ4v) is 2.34. The van der Waals surface area contributed by atoms with Gasteiger partial charge in [0, 0.05) is 0 Å². The summed E-state index contributed by atoms with van der Waals surface area (Å²) in [6.07, 6.45) is 0.472. The number of benzene rings is 1. The fraction of sp³-hybridized carbons (Fsp3) is 0.300. The van der Waals surface area contributed by atoms with Crippen LogP contribution in [0.3, 0.4) is 0 Å². The Bertz CT molecular complexity index is 428. The quantitative estimate of drug-likeness (QED) is 0.799. The lowest BCUT2D eigenvalue weighted by Crippen LogP contribution is -2.13. The molecule has 0 heterocycles. The average Bonchev–Trinajstić information content (AvgIpc) is 2.19. The largest absolute Gasteiger partial charge is 0.398 e. The van der Waals surface area contributed by atoms with Crippen LogP contribution in [0.5, 0.6) is 0 Å². The molecule has 0 amide bonds. The normalized spacial score (nSPS) is 14.2. The van der Waals surface area contributed by atoms with Gasteiger partial charge in [0.25, 0.3) is 0 Å². The number of hydrogen-bond donors (Lipinski definition) is 1. The van der Waals surface area contributed by atoms with Gasteiger partial charge in [-0.2, -0.15) is 5.26 Å². The molecule has 15 heavy (non-hydrogen) atoms. The number of halogens is 1. The van der Waals surface area contributed by atoms with E-state index in [1.807, 2.05) is 6.07 Å². The maximum atomic E-state index is 12.7. The van der Waals surface area contributed by atoms with Gasteiger partial charge in [-0.15, -0.1) is 0 Å². The molecule has 3 nitrogen and oxygen atoms in total. The van der Waals surface area contributed by atoms with E-state index in [4.69, 9.17) is 11.0 Å². The second-order valence-corrected chi connectivity index (χ2v) is 4.61. The molecule has 1 aromatic carbocycles. The maximum absolute atomic E-state index is 12.7. The van der Waals surface area contributed by atoms with Crippen molar-refractivity contribution >= 4 is 16.5 Å². The van der Waals surface area contributed by atoms with Gasteiger partial charge in [0.1, 0.15) is 11.1 Å². The molecule has 0 spiro atoms. The van der Waals surface area contributed by atoms with E-state index in [-0.39, 0.29) is 5.69 Å². The minimum absolute atomic E-state index is 0.127. The Kier molecular flexibility index (Phi) is 3.81. The van der Waals surface area contributed by atoms with Gasteiger partial charge in [-0.05, 0) is 24.6 Å². The molecule has 0 aromatic heterocycles. The Labute approximate surface area is 90.2 Å². The number of nitrogen functional groups attached to an aromatic ring is 1. The highest BCUT2D eigenvalue weighted by molar-refractivity contribution is 7.86. The molecule has 1 rings (SSSR count). The number of rotatable bonds is 3. The summed E-state index contributed by atoms with van der Waals surface area (Å²) in [6, 6.07) is 5.60. The van der Waals surface area contributed by atoms with Crippen LogP contribution >= 0.6 is 0 Å². The molecule has 0 fully saturated rings. The van der Waals surface area contributed by atoms with Crippen LogP contribution < -0.4 is 5.73 Å². The van der Waals surface area contributed by atoms with Crippen molar-refractivity contribution in [2.45, 2.75) is 23.5 Å². The fourth-order valence-electron chi connectivity index (χ4n) is 1.15. The first-order valence-corrected chi connectivity index (χ1v) is 5.66. The number of nitriles is 1. The van der Waals surface area contributed by atoms with Gasteiger partial charge in [-0.1, -0.05) is 6.92 Å². The molecule has 0 saturated carbocycles. The minimum Gasteiger partial charge on any atom is -0.398 e. The topological polar surface area (TPSA) is 66.9 Å². The van der Waals surface area contributed by atoms with E-state index in [1.165, 1.54) is 12.1 Å². The number of nitrogens with two attached hydrogens (primary N) is 1. The summed E-state index contributed by atoms with van der Waals surface area (Å²) in [6.45, 7) is 1.77. The molecule has 0 aliphatic rings. The number of hydrogen-bond acceptors (Lipinski definition) is 3. The molecular formula is C10H11FN2OS. The van der Waals surface area contributed by atoms with Crippen molar-refractivity contribution in [2.75, 3.05) is 5.73 Å². The van der Waals surface area contributed by atoms with Crippen LogP contribution in [-0.4, -0.2) is 9.46 Å². The standard InChI is InChI=1S/C10H11FN2OS/c1-2-8(6-12)15(14)10-4-3-7(11)5-9(10)13/h3-5,8H,2,13H2,1H3. The molecule has 0 radical (unpaired) electrons. The molecular weight excluding hydrogens is 215 g/mol. The summed E-state index contributed by atoms with van der Waals surface area (Å²) >= 11 is 0. The van der Waals surface area contributed by atoms with Crippen LogP contribution in [0.4, 0.5) is 10.1 Å². The lowest BCUT2D eigenvalue weighted by atomic mass is 10.3. The van der Waals surface area contributed by atoms with Crippen molar-refractivity contribution < 1.29 is 8.60 Å². The Morgan fingerprint density at radius 2 is 2.33 bits per heavy atom. The minimum atomic E-state index is -1.49. The van der Waals surface area contributed by atoms with Gasteiger partial charge >= 0.3 is 0 Å². The van der Waals surface area contributed by atoms with Crippen molar-refractivity contribution in [2.24, 2.45) is 0 Å². The Hall–Kier alpha value is -1.41. The summed E-state index contributed by atoms with van der Waals surface area (Å²) in [5, 5.41) is 8.15. The monoisotopic (exact) mass is 226 g/mol. The Balaban J connectivity index is 3.07. The third-order valence-electron chi connectivity index (χ3n) is 1.96. The van der Waals surface area contributed by atoms with E-state index in [0.717, 1.165) is 6.07 Å². The van der Waals surface area contributed by atoms with E-state index in [1.54, 1.807) is 6.92 Å². The van der Waals surface area contributed by atoms with E-state index >= 15 is 0 Å². The highest BCUT2D eigenvalue weighted by Crippen LogP contribution is 2.21. The SMILES string of the molecule is CCC(C#N)S(=O)c1ccc(F)cc1N. The molecule has 0 aliphatic heterocycles. The summed E-state index contributed by atoms with van der Waals surface area (Å²) in [4.78, 5) is 0.324. The summed E-state index contributed by atoms with van der Waals surface area (Å²) in [5.74, 6) is -0.474. The van der Waals surface area contributed by atoms with Crippen molar-refractivity contribution in [1.29, 1.82) is 5.26 Å². The zero-order chi connectivity index (χ0) is 11.4. The predicted molar refractivity (Wildman–Crippen MR) is 56.9 cm³/mol. The first-order valence-electron chi connectivity index (χ1n) is 4.45. The lowest BCUT2D eigenvalue weighted by Gasteiger charge is -2.08. The molecule has 0 bridgehead atoms. The van der Waals surface area contributed by atoms with E-state index in [2.05, 4.69) is 0 Å². The third-order valence-corrected chi connectivity index (χ3v) is 3.72. The molecule has 0 saturated heterocycles. The summed E-state index contributed by atoms with van der Waals surface area (Å²) < 4.78 is 24.6. The predicted octanol–water partition coefficient (Wildman–Crippen LogP) is 1.82. The average molecular weight is 226 g/mol. The van der Waals surface area contributed by atoms with Crippen LogP contribution in [0.2, 0.25) is 0 Å². The summed E-state index contributed by atoms with van der Waals surface area (Å²) in [7, 11) is -1.49. The van der Waals surface area contributed by atoms with Gasteiger partial charge in [0.15, 0.2) is 0 Å². The van der Waals surface area contributed by atoms with Gasteiger partial charge < -0.3 is 5.73 Å². The maximum Gasteiger partial charge on any atom is 0.126 e. The first kappa shape index (κ1) is 11.7. The van der Waals surface area contributed by atoms with Gasteiger partial charge in [0.05, 0.1) is 27.5 Å². The molecule has 2 unspecified atom stereocenters. The second kappa shape index (κ2) is 4.89. The van der Waals surface area contributed by atoms with Crippen LogP contribution in [0.15, 0.2) is 23.1 Å². The highest BCUT2D eigenvalue weighted by atomic mass is 32.2. The van der Waals surface area contributed by atoms with Gasteiger partial charge in [0.2, 0.25) is 0 Å². The Morgan fingerprint density at radius 1 is 1.67 bits per heavy atom. The second-order valence-electron chi connectivity index (χ2n) is 3.01. The number of anilines is 1. The summed E-state index contributed by atoms with van der Waals surface area (Å²) in [5.41, 5.74) is 5.65. The van der Waals surface area contributed by atoms with Crippen LogP contribution in [0.25, 0.3) is 0 Å². The third kappa shape index (κ3) is 2.54. The molecule has 5 heteroatoms. The highest BCUT2D eigenvalue weighted by Gasteiger charge is 2.18. The zero-order valence-electron chi connectivity index (χ0n) is 8.24. The smallest absolute Gasteiger partial charge is 0.126 e. The zero-order valence-corrected chi connectivity index (χ0v) is 9.05. The first-order chi connectivity index (χ1) is 7.10. The molecule has 80 valence electrons. The van der Waals surface area contributed by atoms with Gasteiger partial charge in [-0.25, -0.2) is 4.39 Å². The van der Waals surface area contributed by atoms with E-state index in [9.17, 15) is 8.60 Å². The van der Waals surface area contributed by atoms with Crippen molar-refractivity contribution in [3.63, 3.8) is 0 Å². The van der Waals surface area contributed by atoms with Crippen LogP contribution in [0, 0.1) is 17.1 Å². The molecule has 1 aromatic rings. The van der Waals surface area contributed by atoms with E-state index in [0.29, 0.717) is 11.3 Å². The van der Waals surface area contributed by atoms with E-state index < -0.39 is 21.9 Å². The van der Waals surface area contributed by atoms with Crippen molar-refractivity contribution in [1.82, 2.24) is 0 Å². The molecule has 0 aliphatic carbocycles. The van der Waals surface area contributed by atoms with Crippen LogP contribution in [-0.2, 0) is 10.8 Å².